The van der Waals surface area contributed by atoms with Crippen molar-refractivity contribution < 1.29 is 18.7 Å². The highest BCUT2D eigenvalue weighted by Crippen LogP contribution is 2.28. The van der Waals surface area contributed by atoms with Crippen LogP contribution in [-0.2, 0) is 11.3 Å². The molecule has 0 saturated heterocycles. The molecular weight excluding hydrogens is 347 g/mol. The van der Waals surface area contributed by atoms with Crippen molar-refractivity contribution in [3.8, 4) is 5.75 Å². The molecule has 0 spiro atoms. The summed E-state index contributed by atoms with van der Waals surface area (Å²) in [6.07, 6.45) is 1.92. The summed E-state index contributed by atoms with van der Waals surface area (Å²) in [6, 6.07) is 13.1. The standard InChI is InChI=1S/C21H23FN2O3/c1-2-27-19-11-5-16(6-12-19)21(26)23-13-20(25)24(18-9-10-18)14-15-3-7-17(22)8-4-15/h3-8,11-12,18H,2,9-10,13-14H2,1H3,(H,23,26). The minimum absolute atomic E-state index is 0.0657. The smallest absolute Gasteiger partial charge is 0.251 e. The molecule has 1 saturated carbocycles. The lowest BCUT2D eigenvalue weighted by atomic mass is 10.2. The molecule has 0 aliphatic heterocycles. The van der Waals surface area contributed by atoms with Gasteiger partial charge in [0.2, 0.25) is 5.91 Å². The van der Waals surface area contributed by atoms with Crippen LogP contribution in [0.15, 0.2) is 48.5 Å². The second-order valence-electron chi connectivity index (χ2n) is 6.52. The van der Waals surface area contributed by atoms with E-state index < -0.39 is 0 Å². The molecule has 0 bridgehead atoms. The van der Waals surface area contributed by atoms with Gasteiger partial charge in [0, 0.05) is 18.2 Å². The topological polar surface area (TPSA) is 58.6 Å². The molecule has 0 aromatic heterocycles. The van der Waals surface area contributed by atoms with Crippen molar-refractivity contribution in [3.05, 3.63) is 65.5 Å². The molecule has 2 aromatic rings. The van der Waals surface area contributed by atoms with E-state index in [0.717, 1.165) is 18.4 Å². The van der Waals surface area contributed by atoms with Crippen molar-refractivity contribution in [2.75, 3.05) is 13.2 Å². The van der Waals surface area contributed by atoms with E-state index in [4.69, 9.17) is 4.74 Å². The van der Waals surface area contributed by atoms with Crippen LogP contribution in [0.1, 0.15) is 35.7 Å². The molecule has 0 unspecified atom stereocenters. The van der Waals surface area contributed by atoms with Crippen molar-refractivity contribution in [2.45, 2.75) is 32.4 Å². The number of benzene rings is 2. The predicted octanol–water partition coefficient (Wildman–Crippen LogP) is 3.15. The van der Waals surface area contributed by atoms with Gasteiger partial charge in [0.25, 0.3) is 5.91 Å². The van der Waals surface area contributed by atoms with Crippen LogP contribution in [-0.4, -0.2) is 35.9 Å². The monoisotopic (exact) mass is 370 g/mol. The second kappa shape index (κ2) is 8.66. The van der Waals surface area contributed by atoms with Crippen molar-refractivity contribution in [1.82, 2.24) is 10.2 Å². The number of carbonyl (C=O) groups excluding carboxylic acids is 2. The van der Waals surface area contributed by atoms with Crippen molar-refractivity contribution in [2.24, 2.45) is 0 Å². The first-order valence-electron chi connectivity index (χ1n) is 9.12. The molecule has 0 radical (unpaired) electrons. The van der Waals surface area contributed by atoms with Gasteiger partial charge in [0.15, 0.2) is 0 Å². The average Bonchev–Trinajstić information content (AvgIpc) is 3.51. The van der Waals surface area contributed by atoms with Gasteiger partial charge in [-0.1, -0.05) is 12.1 Å². The van der Waals surface area contributed by atoms with Crippen LogP contribution in [0.3, 0.4) is 0 Å². The van der Waals surface area contributed by atoms with Gasteiger partial charge in [0.1, 0.15) is 11.6 Å². The number of amides is 2. The van der Waals surface area contributed by atoms with E-state index in [1.807, 2.05) is 6.92 Å². The van der Waals surface area contributed by atoms with Crippen LogP contribution < -0.4 is 10.1 Å². The molecule has 1 fully saturated rings. The Morgan fingerprint density at radius 1 is 1.11 bits per heavy atom. The first-order chi connectivity index (χ1) is 13.1. The highest BCUT2D eigenvalue weighted by atomic mass is 19.1. The number of ether oxygens (including phenoxy) is 1. The molecule has 2 aromatic carbocycles. The lowest BCUT2D eigenvalue weighted by molar-refractivity contribution is -0.131. The number of halogens is 1. The summed E-state index contributed by atoms with van der Waals surface area (Å²) in [6.45, 7) is 2.81. The Kier molecular flexibility index (Phi) is 6.06. The van der Waals surface area contributed by atoms with Gasteiger partial charge < -0.3 is 15.0 Å². The quantitative estimate of drug-likeness (QED) is 0.777. The van der Waals surface area contributed by atoms with Crippen molar-refractivity contribution in [3.63, 3.8) is 0 Å². The third-order valence-corrected chi connectivity index (χ3v) is 4.40. The average molecular weight is 370 g/mol. The van der Waals surface area contributed by atoms with Crippen LogP contribution in [0.2, 0.25) is 0 Å². The third-order valence-electron chi connectivity index (χ3n) is 4.40. The third kappa shape index (κ3) is 5.29. The van der Waals surface area contributed by atoms with E-state index in [1.54, 1.807) is 41.3 Å². The van der Waals surface area contributed by atoms with Gasteiger partial charge in [-0.25, -0.2) is 4.39 Å². The molecule has 0 heterocycles. The van der Waals surface area contributed by atoms with E-state index in [-0.39, 0.29) is 30.2 Å². The van der Waals surface area contributed by atoms with Gasteiger partial charge in [-0.15, -0.1) is 0 Å². The van der Waals surface area contributed by atoms with Gasteiger partial charge in [-0.05, 0) is 61.7 Å². The normalized spacial score (nSPS) is 13.1. The van der Waals surface area contributed by atoms with Crippen molar-refractivity contribution >= 4 is 11.8 Å². The molecule has 2 amide bonds. The maximum Gasteiger partial charge on any atom is 0.251 e. The number of hydrogen-bond donors (Lipinski definition) is 1. The van der Waals surface area contributed by atoms with Gasteiger partial charge in [-0.3, -0.25) is 9.59 Å². The fourth-order valence-electron chi connectivity index (χ4n) is 2.82. The van der Waals surface area contributed by atoms with Crippen LogP contribution >= 0.6 is 0 Å². The van der Waals surface area contributed by atoms with Crippen LogP contribution in [0.4, 0.5) is 4.39 Å². The largest absolute Gasteiger partial charge is 0.494 e. The number of nitrogens with zero attached hydrogens (tertiary/aromatic N) is 1. The fourth-order valence-corrected chi connectivity index (χ4v) is 2.82. The molecule has 1 aliphatic carbocycles. The zero-order valence-corrected chi connectivity index (χ0v) is 15.3. The maximum absolute atomic E-state index is 13.1. The SMILES string of the molecule is CCOc1ccc(C(=O)NCC(=O)N(Cc2ccc(F)cc2)C2CC2)cc1. The maximum atomic E-state index is 13.1. The number of carbonyl (C=O) groups is 2. The highest BCUT2D eigenvalue weighted by molar-refractivity contribution is 5.96. The Balaban J connectivity index is 1.55. The van der Waals surface area contributed by atoms with E-state index >= 15 is 0 Å². The van der Waals surface area contributed by atoms with E-state index in [0.29, 0.717) is 24.5 Å². The molecule has 142 valence electrons. The van der Waals surface area contributed by atoms with Gasteiger partial charge >= 0.3 is 0 Å². The summed E-state index contributed by atoms with van der Waals surface area (Å²) in [7, 11) is 0. The lowest BCUT2D eigenvalue weighted by Gasteiger charge is -2.23. The first kappa shape index (κ1) is 18.9. The number of hydrogen-bond acceptors (Lipinski definition) is 3. The van der Waals surface area contributed by atoms with E-state index in [9.17, 15) is 14.0 Å². The zero-order valence-electron chi connectivity index (χ0n) is 15.3. The molecule has 0 atom stereocenters. The summed E-state index contributed by atoms with van der Waals surface area (Å²) in [4.78, 5) is 26.6. The highest BCUT2D eigenvalue weighted by Gasteiger charge is 2.32. The van der Waals surface area contributed by atoms with Gasteiger partial charge in [0.05, 0.1) is 13.2 Å². The minimum atomic E-state index is -0.302. The number of rotatable bonds is 8. The minimum Gasteiger partial charge on any atom is -0.494 e. The molecule has 1 aliphatic rings. The molecular formula is C21H23FN2O3. The molecule has 1 N–H and O–H groups in total. The summed E-state index contributed by atoms with van der Waals surface area (Å²) in [5.74, 6) is -0.0416. The van der Waals surface area contributed by atoms with Crippen LogP contribution in [0, 0.1) is 5.82 Å². The molecule has 3 rings (SSSR count). The summed E-state index contributed by atoms with van der Waals surface area (Å²) in [5, 5.41) is 2.68. The lowest BCUT2D eigenvalue weighted by Crippen LogP contribution is -2.41. The van der Waals surface area contributed by atoms with E-state index in [1.165, 1.54) is 12.1 Å². The Labute approximate surface area is 158 Å². The molecule has 27 heavy (non-hydrogen) atoms. The second-order valence-corrected chi connectivity index (χ2v) is 6.52. The Bertz CT molecular complexity index is 786. The molecule has 5 nitrogen and oxygen atoms in total. The number of nitrogens with one attached hydrogen (secondary N) is 1. The van der Waals surface area contributed by atoms with E-state index in [2.05, 4.69) is 5.32 Å². The molecule has 6 heteroatoms. The summed E-state index contributed by atoms with van der Waals surface area (Å²) in [5.41, 5.74) is 1.34. The Morgan fingerprint density at radius 3 is 2.37 bits per heavy atom. The van der Waals surface area contributed by atoms with Crippen LogP contribution in [0.25, 0.3) is 0 Å². The zero-order chi connectivity index (χ0) is 19.2. The van der Waals surface area contributed by atoms with Crippen molar-refractivity contribution in [1.29, 1.82) is 0 Å². The Morgan fingerprint density at radius 2 is 1.78 bits per heavy atom. The van der Waals surface area contributed by atoms with Crippen LogP contribution in [0.5, 0.6) is 5.75 Å². The Hall–Kier alpha value is -2.89. The van der Waals surface area contributed by atoms with Gasteiger partial charge in [-0.2, -0.15) is 0 Å². The fraction of sp³-hybridized carbons (Fsp3) is 0.333. The predicted molar refractivity (Wildman–Crippen MR) is 99.9 cm³/mol. The summed E-state index contributed by atoms with van der Waals surface area (Å²) < 4.78 is 18.4. The summed E-state index contributed by atoms with van der Waals surface area (Å²) >= 11 is 0. The first-order valence-corrected chi connectivity index (χ1v) is 9.12.